The van der Waals surface area contributed by atoms with Gasteiger partial charge in [0.15, 0.2) is 0 Å². The summed E-state index contributed by atoms with van der Waals surface area (Å²) in [5, 5.41) is 0. The van der Waals surface area contributed by atoms with Gasteiger partial charge in [-0.2, -0.15) is 0 Å². The first-order valence-corrected chi connectivity index (χ1v) is 9.88. The molecule has 138 valence electrons. The second kappa shape index (κ2) is 7.40. The van der Waals surface area contributed by atoms with E-state index in [1.807, 2.05) is 36.4 Å². The van der Waals surface area contributed by atoms with Crippen LogP contribution in [0.2, 0.25) is 0 Å². The Morgan fingerprint density at radius 3 is 2.31 bits per heavy atom. The minimum atomic E-state index is -4.52. The van der Waals surface area contributed by atoms with E-state index in [0.29, 0.717) is 11.4 Å². The standard InChI is InChI=1S/C20H14N4O3S.Na/c25-28(26,27)15-3-1-2-14(8-15)20-23-17-7-5-13(10-19(17)24-20)12-4-6-16-18(9-12)22-11-21-16;/h1-11H,(H,21,22)(H,23,24)(H,25,26,27);/q;+1/p-1. The van der Waals surface area contributed by atoms with Gasteiger partial charge in [0.2, 0.25) is 0 Å². The second-order valence-corrected chi connectivity index (χ2v) is 7.81. The van der Waals surface area contributed by atoms with Gasteiger partial charge < -0.3 is 14.5 Å². The molecule has 0 unspecified atom stereocenters. The van der Waals surface area contributed by atoms with Crippen molar-refractivity contribution in [3.05, 3.63) is 67.0 Å². The Morgan fingerprint density at radius 1 is 0.828 bits per heavy atom. The van der Waals surface area contributed by atoms with Gasteiger partial charge in [0, 0.05) is 5.56 Å². The minimum Gasteiger partial charge on any atom is -0.744 e. The third kappa shape index (κ3) is 3.73. The largest absolute Gasteiger partial charge is 1.00 e. The van der Waals surface area contributed by atoms with Crippen LogP contribution in [0.3, 0.4) is 0 Å². The molecule has 0 radical (unpaired) electrons. The molecule has 2 aromatic heterocycles. The van der Waals surface area contributed by atoms with E-state index in [2.05, 4.69) is 19.9 Å². The molecule has 2 heterocycles. The molecular formula is C20H13N4NaO3S. The van der Waals surface area contributed by atoms with Crippen LogP contribution in [0.25, 0.3) is 44.6 Å². The van der Waals surface area contributed by atoms with Crippen LogP contribution in [-0.4, -0.2) is 32.9 Å². The van der Waals surface area contributed by atoms with Gasteiger partial charge in [0.1, 0.15) is 15.9 Å². The normalized spacial score (nSPS) is 11.6. The molecule has 0 aliphatic carbocycles. The maximum Gasteiger partial charge on any atom is 1.00 e. The number of aromatic nitrogens is 4. The van der Waals surface area contributed by atoms with Crippen molar-refractivity contribution in [1.29, 1.82) is 0 Å². The molecule has 0 bridgehead atoms. The zero-order chi connectivity index (χ0) is 19.3. The summed E-state index contributed by atoms with van der Waals surface area (Å²) in [5.41, 5.74) is 6.00. The third-order valence-electron chi connectivity index (χ3n) is 4.63. The molecular weight excluding hydrogens is 399 g/mol. The van der Waals surface area contributed by atoms with E-state index in [9.17, 15) is 13.0 Å². The number of imidazole rings is 2. The van der Waals surface area contributed by atoms with Crippen LogP contribution < -0.4 is 29.6 Å². The smallest absolute Gasteiger partial charge is 0.744 e. The Hall–Kier alpha value is -2.49. The minimum absolute atomic E-state index is 0. The maximum atomic E-state index is 11.3. The fourth-order valence-corrected chi connectivity index (χ4v) is 3.76. The quantitative estimate of drug-likeness (QED) is 0.334. The van der Waals surface area contributed by atoms with E-state index in [1.165, 1.54) is 18.2 Å². The molecule has 0 saturated heterocycles. The summed E-state index contributed by atoms with van der Waals surface area (Å²) in [6.45, 7) is 0. The van der Waals surface area contributed by atoms with Crippen LogP contribution in [0.15, 0.2) is 71.9 Å². The number of hydrogen-bond donors (Lipinski definition) is 2. The molecule has 0 amide bonds. The van der Waals surface area contributed by atoms with Crippen molar-refractivity contribution in [3.8, 4) is 22.5 Å². The first-order chi connectivity index (χ1) is 13.5. The molecule has 0 fully saturated rings. The zero-order valence-corrected chi connectivity index (χ0v) is 18.2. The van der Waals surface area contributed by atoms with E-state index in [4.69, 9.17) is 0 Å². The van der Waals surface area contributed by atoms with E-state index in [1.54, 1.807) is 12.4 Å². The summed E-state index contributed by atoms with van der Waals surface area (Å²) in [6, 6.07) is 17.7. The van der Waals surface area contributed by atoms with E-state index in [-0.39, 0.29) is 34.5 Å². The zero-order valence-electron chi connectivity index (χ0n) is 15.4. The SMILES string of the molecule is O=S(=O)([O-])c1cccc(-c2nc3ccc(-c4ccc5nc[nH]c5c4)cc3[nH]2)c1.[Na+]. The number of fused-ring (bicyclic) bond motifs is 2. The summed E-state index contributed by atoms with van der Waals surface area (Å²) in [5.74, 6) is 0.502. The second-order valence-electron chi connectivity index (χ2n) is 6.43. The molecule has 7 nitrogen and oxygen atoms in total. The Bertz CT molecular complexity index is 1460. The molecule has 0 saturated carbocycles. The molecule has 9 heteroatoms. The Kier molecular flexibility index (Phi) is 5.05. The van der Waals surface area contributed by atoms with Gasteiger partial charge in [-0.05, 0) is 47.5 Å². The average Bonchev–Trinajstić information content (AvgIpc) is 3.33. The van der Waals surface area contributed by atoms with Crippen molar-refractivity contribution in [1.82, 2.24) is 19.9 Å². The number of rotatable bonds is 3. The fourth-order valence-electron chi connectivity index (χ4n) is 3.24. The van der Waals surface area contributed by atoms with Gasteiger partial charge in [0.25, 0.3) is 0 Å². The first kappa shape index (κ1) is 19.8. The predicted octanol–water partition coefficient (Wildman–Crippen LogP) is 0.681. The number of benzene rings is 3. The topological polar surface area (TPSA) is 115 Å². The molecule has 29 heavy (non-hydrogen) atoms. The fraction of sp³-hybridized carbons (Fsp3) is 0. The van der Waals surface area contributed by atoms with Crippen molar-refractivity contribution >= 4 is 32.2 Å². The van der Waals surface area contributed by atoms with Crippen LogP contribution in [-0.2, 0) is 10.1 Å². The Labute approximate surface area is 188 Å². The van der Waals surface area contributed by atoms with Gasteiger partial charge >= 0.3 is 29.6 Å². The summed E-state index contributed by atoms with van der Waals surface area (Å²) in [7, 11) is -4.52. The van der Waals surface area contributed by atoms with Gasteiger partial charge in [-0.25, -0.2) is 18.4 Å². The summed E-state index contributed by atoms with van der Waals surface area (Å²) in [4.78, 5) is 14.8. The number of aromatic amines is 2. The van der Waals surface area contributed by atoms with Crippen molar-refractivity contribution in [2.75, 3.05) is 0 Å². The Balaban J connectivity index is 0.00000205. The monoisotopic (exact) mass is 412 g/mol. The van der Waals surface area contributed by atoms with Crippen LogP contribution in [0.5, 0.6) is 0 Å². The molecule has 0 atom stereocenters. The van der Waals surface area contributed by atoms with E-state index >= 15 is 0 Å². The molecule has 0 spiro atoms. The van der Waals surface area contributed by atoms with Crippen LogP contribution >= 0.6 is 0 Å². The van der Waals surface area contributed by atoms with Crippen LogP contribution in [0.4, 0.5) is 0 Å². The molecule has 2 N–H and O–H groups in total. The number of H-pyrrole nitrogens is 2. The van der Waals surface area contributed by atoms with E-state index in [0.717, 1.165) is 33.2 Å². The third-order valence-corrected chi connectivity index (χ3v) is 5.46. The maximum absolute atomic E-state index is 11.3. The number of hydrogen-bond acceptors (Lipinski definition) is 5. The van der Waals surface area contributed by atoms with Crippen molar-refractivity contribution in [3.63, 3.8) is 0 Å². The molecule has 3 aromatic carbocycles. The predicted molar refractivity (Wildman–Crippen MR) is 105 cm³/mol. The van der Waals surface area contributed by atoms with Gasteiger partial charge in [-0.3, -0.25) is 0 Å². The van der Waals surface area contributed by atoms with Crippen molar-refractivity contribution in [2.45, 2.75) is 4.90 Å². The first-order valence-electron chi connectivity index (χ1n) is 8.47. The van der Waals surface area contributed by atoms with Crippen molar-refractivity contribution < 1.29 is 42.5 Å². The number of nitrogens with zero attached hydrogens (tertiary/aromatic N) is 2. The molecule has 5 rings (SSSR count). The van der Waals surface area contributed by atoms with Crippen LogP contribution in [0, 0.1) is 0 Å². The van der Waals surface area contributed by atoms with E-state index < -0.39 is 10.1 Å². The van der Waals surface area contributed by atoms with Crippen LogP contribution in [0.1, 0.15) is 0 Å². The number of nitrogens with one attached hydrogen (secondary N) is 2. The summed E-state index contributed by atoms with van der Waals surface area (Å²) in [6.07, 6.45) is 1.66. The molecule has 0 aliphatic heterocycles. The van der Waals surface area contributed by atoms with Gasteiger partial charge in [-0.15, -0.1) is 0 Å². The molecule has 0 aliphatic rings. The van der Waals surface area contributed by atoms with Gasteiger partial charge in [0.05, 0.1) is 33.3 Å². The molecule has 5 aromatic rings. The average molecular weight is 412 g/mol. The summed E-state index contributed by atoms with van der Waals surface area (Å²) < 4.78 is 33.8. The van der Waals surface area contributed by atoms with Gasteiger partial charge in [-0.1, -0.05) is 24.3 Å². The summed E-state index contributed by atoms with van der Waals surface area (Å²) >= 11 is 0. The van der Waals surface area contributed by atoms with Crippen molar-refractivity contribution in [2.24, 2.45) is 0 Å². The Morgan fingerprint density at radius 2 is 1.55 bits per heavy atom.